The number of hydrogen-bond donors (Lipinski definition) is 1. The van der Waals surface area contributed by atoms with Crippen LogP contribution in [0.1, 0.15) is 25.8 Å². The molecule has 0 aromatic heterocycles. The molecule has 0 aliphatic carbocycles. The normalized spacial score (nSPS) is 12.1. The quantitative estimate of drug-likeness (QED) is 0.875. The SMILES string of the molecule is CN(CCc1ccc(Br)cc1)C(C)(C)CCN. The minimum atomic E-state index is 0.185. The van der Waals surface area contributed by atoms with Gasteiger partial charge >= 0.3 is 0 Å². The molecule has 0 fully saturated rings. The van der Waals surface area contributed by atoms with Crippen LogP contribution in [0.2, 0.25) is 0 Å². The Morgan fingerprint density at radius 1 is 1.24 bits per heavy atom. The summed E-state index contributed by atoms with van der Waals surface area (Å²) in [5, 5.41) is 0. The van der Waals surface area contributed by atoms with Crippen molar-refractivity contribution in [3.8, 4) is 0 Å². The third-order valence-electron chi connectivity index (χ3n) is 3.44. The number of hydrogen-bond acceptors (Lipinski definition) is 2. The smallest absolute Gasteiger partial charge is 0.0175 e. The van der Waals surface area contributed by atoms with Crippen molar-refractivity contribution in [2.45, 2.75) is 32.2 Å². The maximum atomic E-state index is 5.64. The third-order valence-corrected chi connectivity index (χ3v) is 3.97. The Hall–Kier alpha value is -0.380. The summed E-state index contributed by atoms with van der Waals surface area (Å²) in [4.78, 5) is 2.39. The number of likely N-dealkylation sites (N-methyl/N-ethyl adjacent to an activating group) is 1. The molecule has 3 heteroatoms. The molecule has 0 aliphatic heterocycles. The highest BCUT2D eigenvalue weighted by Crippen LogP contribution is 2.17. The Balaban J connectivity index is 2.47. The fraction of sp³-hybridized carbons (Fsp3) is 0.571. The van der Waals surface area contributed by atoms with Crippen LogP contribution in [-0.2, 0) is 6.42 Å². The van der Waals surface area contributed by atoms with Gasteiger partial charge in [-0.05, 0) is 58.0 Å². The van der Waals surface area contributed by atoms with Gasteiger partial charge in [-0.15, -0.1) is 0 Å². The summed E-state index contributed by atoms with van der Waals surface area (Å²) < 4.78 is 1.14. The van der Waals surface area contributed by atoms with E-state index in [-0.39, 0.29) is 5.54 Å². The van der Waals surface area contributed by atoms with Gasteiger partial charge < -0.3 is 10.6 Å². The molecule has 2 N–H and O–H groups in total. The standard InChI is InChI=1S/C14H23BrN2/c1-14(2,9-10-16)17(3)11-8-12-4-6-13(15)7-5-12/h4-7H,8-11,16H2,1-3H3. The lowest BCUT2D eigenvalue weighted by Crippen LogP contribution is -2.43. The van der Waals surface area contributed by atoms with Crippen molar-refractivity contribution in [3.05, 3.63) is 34.3 Å². The lowest BCUT2D eigenvalue weighted by Gasteiger charge is -2.35. The van der Waals surface area contributed by atoms with Gasteiger partial charge in [-0.25, -0.2) is 0 Å². The van der Waals surface area contributed by atoms with Crippen molar-refractivity contribution < 1.29 is 0 Å². The molecule has 0 amide bonds. The first-order valence-electron chi connectivity index (χ1n) is 6.11. The topological polar surface area (TPSA) is 29.3 Å². The summed E-state index contributed by atoms with van der Waals surface area (Å²) in [7, 11) is 2.18. The molecule has 0 saturated heterocycles. The second kappa shape index (κ2) is 6.53. The molecular formula is C14H23BrN2. The molecule has 0 radical (unpaired) electrons. The van der Waals surface area contributed by atoms with Crippen LogP contribution in [0.25, 0.3) is 0 Å². The zero-order valence-corrected chi connectivity index (χ0v) is 12.6. The Morgan fingerprint density at radius 2 is 1.82 bits per heavy atom. The first kappa shape index (κ1) is 14.7. The Morgan fingerprint density at radius 3 is 2.35 bits per heavy atom. The highest BCUT2D eigenvalue weighted by molar-refractivity contribution is 9.10. The second-order valence-electron chi connectivity index (χ2n) is 5.15. The van der Waals surface area contributed by atoms with Crippen LogP contribution in [0.4, 0.5) is 0 Å². The van der Waals surface area contributed by atoms with E-state index in [2.05, 4.69) is 66.0 Å². The summed E-state index contributed by atoms with van der Waals surface area (Å²) in [6.45, 7) is 6.31. The van der Waals surface area contributed by atoms with E-state index in [1.54, 1.807) is 0 Å². The lowest BCUT2D eigenvalue weighted by atomic mass is 9.98. The molecule has 17 heavy (non-hydrogen) atoms. The van der Waals surface area contributed by atoms with E-state index < -0.39 is 0 Å². The number of benzene rings is 1. The van der Waals surface area contributed by atoms with Gasteiger partial charge in [0.05, 0.1) is 0 Å². The molecule has 0 spiro atoms. The Labute approximate surface area is 113 Å². The largest absolute Gasteiger partial charge is 0.330 e. The molecule has 1 rings (SSSR count). The van der Waals surface area contributed by atoms with Crippen molar-refractivity contribution in [1.29, 1.82) is 0 Å². The monoisotopic (exact) mass is 298 g/mol. The lowest BCUT2D eigenvalue weighted by molar-refractivity contribution is 0.150. The van der Waals surface area contributed by atoms with Gasteiger partial charge in [-0.1, -0.05) is 28.1 Å². The van der Waals surface area contributed by atoms with E-state index in [4.69, 9.17) is 5.73 Å². The second-order valence-corrected chi connectivity index (χ2v) is 6.06. The minimum Gasteiger partial charge on any atom is -0.330 e. The minimum absolute atomic E-state index is 0.185. The van der Waals surface area contributed by atoms with Crippen molar-refractivity contribution >= 4 is 15.9 Å². The molecule has 1 aromatic rings. The molecular weight excluding hydrogens is 276 g/mol. The highest BCUT2D eigenvalue weighted by Gasteiger charge is 2.21. The molecule has 1 aromatic carbocycles. The van der Waals surface area contributed by atoms with Gasteiger partial charge in [0, 0.05) is 16.6 Å². The number of nitrogens with two attached hydrogens (primary N) is 1. The summed E-state index contributed by atoms with van der Waals surface area (Å²) in [5.74, 6) is 0. The van der Waals surface area contributed by atoms with E-state index >= 15 is 0 Å². The van der Waals surface area contributed by atoms with Crippen molar-refractivity contribution in [1.82, 2.24) is 4.90 Å². The molecule has 0 unspecified atom stereocenters. The first-order valence-corrected chi connectivity index (χ1v) is 6.91. The van der Waals surface area contributed by atoms with Gasteiger partial charge in [0.15, 0.2) is 0 Å². The van der Waals surface area contributed by atoms with E-state index in [0.717, 1.165) is 30.4 Å². The fourth-order valence-electron chi connectivity index (χ4n) is 1.79. The molecule has 2 nitrogen and oxygen atoms in total. The average Bonchev–Trinajstić information content (AvgIpc) is 2.27. The number of nitrogens with zero attached hydrogens (tertiary/aromatic N) is 1. The zero-order valence-electron chi connectivity index (χ0n) is 11.0. The van der Waals surface area contributed by atoms with E-state index in [1.807, 2.05) is 0 Å². The van der Waals surface area contributed by atoms with E-state index in [0.29, 0.717) is 0 Å². The van der Waals surface area contributed by atoms with Crippen LogP contribution in [0, 0.1) is 0 Å². The number of halogens is 1. The third kappa shape index (κ3) is 4.78. The molecule has 0 heterocycles. The number of rotatable bonds is 6. The van der Waals surface area contributed by atoms with Gasteiger partial charge in [0.1, 0.15) is 0 Å². The molecule has 0 aliphatic rings. The van der Waals surface area contributed by atoms with Gasteiger partial charge in [-0.2, -0.15) is 0 Å². The van der Waals surface area contributed by atoms with Crippen molar-refractivity contribution in [3.63, 3.8) is 0 Å². The van der Waals surface area contributed by atoms with Crippen LogP contribution in [-0.4, -0.2) is 30.6 Å². The van der Waals surface area contributed by atoms with E-state index in [9.17, 15) is 0 Å². The predicted octanol–water partition coefficient (Wildman–Crippen LogP) is 3.05. The van der Waals surface area contributed by atoms with Crippen molar-refractivity contribution in [2.75, 3.05) is 20.1 Å². The Kier molecular flexibility index (Phi) is 5.63. The summed E-state index contributed by atoms with van der Waals surface area (Å²) in [6, 6.07) is 8.54. The van der Waals surface area contributed by atoms with Crippen LogP contribution < -0.4 is 5.73 Å². The zero-order chi connectivity index (χ0) is 12.9. The van der Waals surface area contributed by atoms with Crippen LogP contribution >= 0.6 is 15.9 Å². The first-order chi connectivity index (χ1) is 7.95. The maximum Gasteiger partial charge on any atom is 0.0175 e. The fourth-order valence-corrected chi connectivity index (χ4v) is 2.06. The van der Waals surface area contributed by atoms with Gasteiger partial charge in [0.2, 0.25) is 0 Å². The molecule has 0 saturated carbocycles. The highest BCUT2D eigenvalue weighted by atomic mass is 79.9. The maximum absolute atomic E-state index is 5.64. The van der Waals surface area contributed by atoms with Crippen molar-refractivity contribution in [2.24, 2.45) is 5.73 Å². The molecule has 0 atom stereocenters. The Bertz CT molecular complexity index is 333. The van der Waals surface area contributed by atoms with Gasteiger partial charge in [0.25, 0.3) is 0 Å². The predicted molar refractivity (Wildman–Crippen MR) is 78.2 cm³/mol. The molecule has 96 valence electrons. The van der Waals surface area contributed by atoms with Crippen LogP contribution in [0.5, 0.6) is 0 Å². The molecule has 0 bridgehead atoms. The summed E-state index contributed by atoms with van der Waals surface area (Å²) in [6.07, 6.45) is 2.11. The summed E-state index contributed by atoms with van der Waals surface area (Å²) in [5.41, 5.74) is 7.21. The van der Waals surface area contributed by atoms with Crippen LogP contribution in [0.3, 0.4) is 0 Å². The summed E-state index contributed by atoms with van der Waals surface area (Å²) >= 11 is 3.45. The van der Waals surface area contributed by atoms with E-state index in [1.165, 1.54) is 5.56 Å². The van der Waals surface area contributed by atoms with Gasteiger partial charge in [-0.3, -0.25) is 0 Å². The average molecular weight is 299 g/mol. The van der Waals surface area contributed by atoms with Crippen LogP contribution in [0.15, 0.2) is 28.7 Å².